The molecule has 1 unspecified atom stereocenters. The summed E-state index contributed by atoms with van der Waals surface area (Å²) < 4.78 is 2.01. The molecule has 86 valence electrons. The van der Waals surface area contributed by atoms with Crippen LogP contribution in [0.4, 0.5) is 0 Å². The molecule has 0 aromatic carbocycles. The molecule has 0 fully saturated rings. The van der Waals surface area contributed by atoms with E-state index in [0.717, 1.165) is 31.5 Å². The van der Waals surface area contributed by atoms with E-state index in [1.54, 1.807) is 6.20 Å². The maximum atomic E-state index is 9.96. The average molecular weight is 210 g/mol. The van der Waals surface area contributed by atoms with E-state index in [4.69, 9.17) is 0 Å². The van der Waals surface area contributed by atoms with Crippen LogP contribution in [0, 0.1) is 5.92 Å². The van der Waals surface area contributed by atoms with E-state index in [-0.39, 0.29) is 6.10 Å². The summed E-state index contributed by atoms with van der Waals surface area (Å²) in [5, 5.41) is 9.96. The van der Waals surface area contributed by atoms with Gasteiger partial charge in [0.05, 0.1) is 6.10 Å². The van der Waals surface area contributed by atoms with Crippen molar-refractivity contribution in [3.05, 3.63) is 18.2 Å². The molecular formula is C12H22N2O. The third-order valence-corrected chi connectivity index (χ3v) is 3.18. The monoisotopic (exact) mass is 210 g/mol. The smallest absolute Gasteiger partial charge is 0.108 e. The van der Waals surface area contributed by atoms with Gasteiger partial charge in [-0.2, -0.15) is 0 Å². The standard InChI is InChI=1S/C12H22N2O/c1-4-10(5-2)11(15)6-7-12-13-8-9-14(12)3/h8-11,15H,4-7H2,1-3H3. The van der Waals surface area contributed by atoms with Crippen LogP contribution < -0.4 is 0 Å². The van der Waals surface area contributed by atoms with Gasteiger partial charge in [0.15, 0.2) is 0 Å². The first-order valence-corrected chi connectivity index (χ1v) is 5.83. The molecule has 1 heterocycles. The molecule has 3 nitrogen and oxygen atoms in total. The van der Waals surface area contributed by atoms with Gasteiger partial charge >= 0.3 is 0 Å². The predicted octanol–water partition coefficient (Wildman–Crippen LogP) is 2.15. The fourth-order valence-electron chi connectivity index (χ4n) is 1.98. The van der Waals surface area contributed by atoms with E-state index in [0.29, 0.717) is 5.92 Å². The Balaban J connectivity index is 2.40. The normalized spacial score (nSPS) is 13.4. The zero-order valence-corrected chi connectivity index (χ0v) is 9.98. The minimum atomic E-state index is -0.184. The Hall–Kier alpha value is -0.830. The Kier molecular flexibility index (Phi) is 4.82. The van der Waals surface area contributed by atoms with Crippen molar-refractivity contribution in [3.63, 3.8) is 0 Å². The second-order valence-electron chi connectivity index (χ2n) is 4.14. The molecule has 0 radical (unpaired) electrons. The van der Waals surface area contributed by atoms with Crippen LogP contribution in [-0.2, 0) is 13.5 Å². The molecule has 1 aromatic heterocycles. The molecule has 0 aliphatic rings. The number of aryl methyl sites for hydroxylation is 2. The van der Waals surface area contributed by atoms with Gasteiger partial charge in [-0.15, -0.1) is 0 Å². The first-order chi connectivity index (χ1) is 7.19. The molecule has 0 aliphatic heterocycles. The summed E-state index contributed by atoms with van der Waals surface area (Å²) in [4.78, 5) is 4.25. The molecule has 15 heavy (non-hydrogen) atoms. The summed E-state index contributed by atoms with van der Waals surface area (Å²) in [5.74, 6) is 1.49. The van der Waals surface area contributed by atoms with Crippen LogP contribution in [0.1, 0.15) is 38.9 Å². The summed E-state index contributed by atoms with van der Waals surface area (Å²) in [6, 6.07) is 0. The van der Waals surface area contributed by atoms with Crippen LogP contribution in [0.5, 0.6) is 0 Å². The summed E-state index contributed by atoms with van der Waals surface area (Å²) in [5.41, 5.74) is 0. The number of hydrogen-bond donors (Lipinski definition) is 1. The van der Waals surface area contributed by atoms with Crippen molar-refractivity contribution in [1.29, 1.82) is 0 Å². The zero-order chi connectivity index (χ0) is 11.3. The number of imidazole rings is 1. The first kappa shape index (κ1) is 12.2. The highest BCUT2D eigenvalue weighted by Gasteiger charge is 2.15. The third kappa shape index (κ3) is 3.34. The topological polar surface area (TPSA) is 38.1 Å². The average Bonchev–Trinajstić information content (AvgIpc) is 2.63. The van der Waals surface area contributed by atoms with E-state index in [1.165, 1.54) is 0 Å². The Bertz CT molecular complexity index is 279. The minimum absolute atomic E-state index is 0.184. The van der Waals surface area contributed by atoms with Crippen LogP contribution in [0.15, 0.2) is 12.4 Å². The SMILES string of the molecule is CCC(CC)C(O)CCc1nccn1C. The largest absolute Gasteiger partial charge is 0.393 e. The van der Waals surface area contributed by atoms with Gasteiger partial charge in [-0.3, -0.25) is 0 Å². The summed E-state index contributed by atoms with van der Waals surface area (Å²) in [7, 11) is 1.99. The van der Waals surface area contributed by atoms with Crippen molar-refractivity contribution in [2.45, 2.75) is 45.6 Å². The van der Waals surface area contributed by atoms with Crippen molar-refractivity contribution in [3.8, 4) is 0 Å². The fourth-order valence-corrected chi connectivity index (χ4v) is 1.98. The van der Waals surface area contributed by atoms with Crippen LogP contribution in [0.3, 0.4) is 0 Å². The predicted molar refractivity (Wildman–Crippen MR) is 61.6 cm³/mol. The second kappa shape index (κ2) is 5.91. The number of nitrogens with zero attached hydrogens (tertiary/aromatic N) is 2. The van der Waals surface area contributed by atoms with E-state index in [9.17, 15) is 5.11 Å². The molecule has 0 saturated carbocycles. The molecule has 0 bridgehead atoms. The summed E-state index contributed by atoms with van der Waals surface area (Å²) >= 11 is 0. The van der Waals surface area contributed by atoms with Crippen molar-refractivity contribution in [2.75, 3.05) is 0 Å². The molecule has 3 heteroatoms. The van der Waals surface area contributed by atoms with Crippen molar-refractivity contribution in [2.24, 2.45) is 13.0 Å². The number of aliphatic hydroxyl groups is 1. The molecule has 0 aliphatic carbocycles. The molecule has 1 N–H and O–H groups in total. The number of aromatic nitrogens is 2. The van der Waals surface area contributed by atoms with Crippen molar-refractivity contribution >= 4 is 0 Å². The van der Waals surface area contributed by atoms with Gasteiger partial charge in [-0.25, -0.2) is 4.98 Å². The highest BCUT2D eigenvalue weighted by atomic mass is 16.3. The van der Waals surface area contributed by atoms with Gasteiger partial charge in [-0.1, -0.05) is 26.7 Å². The zero-order valence-electron chi connectivity index (χ0n) is 9.98. The number of hydrogen-bond acceptors (Lipinski definition) is 2. The lowest BCUT2D eigenvalue weighted by Crippen LogP contribution is -2.20. The Morgan fingerprint density at radius 3 is 2.53 bits per heavy atom. The highest BCUT2D eigenvalue weighted by molar-refractivity contribution is 4.91. The summed E-state index contributed by atoms with van der Waals surface area (Å²) in [6.07, 6.45) is 7.35. The van der Waals surface area contributed by atoms with Crippen molar-refractivity contribution in [1.82, 2.24) is 9.55 Å². The fraction of sp³-hybridized carbons (Fsp3) is 0.750. The van der Waals surface area contributed by atoms with Gasteiger partial charge in [-0.05, 0) is 12.3 Å². The highest BCUT2D eigenvalue weighted by Crippen LogP contribution is 2.17. The van der Waals surface area contributed by atoms with Crippen LogP contribution in [0.2, 0.25) is 0 Å². The maximum absolute atomic E-state index is 9.96. The first-order valence-electron chi connectivity index (χ1n) is 5.83. The second-order valence-corrected chi connectivity index (χ2v) is 4.14. The Labute approximate surface area is 92.1 Å². The lowest BCUT2D eigenvalue weighted by Gasteiger charge is -2.19. The molecular weight excluding hydrogens is 188 g/mol. The van der Waals surface area contributed by atoms with Crippen LogP contribution >= 0.6 is 0 Å². The number of aliphatic hydroxyl groups excluding tert-OH is 1. The maximum Gasteiger partial charge on any atom is 0.108 e. The molecule has 1 atom stereocenters. The molecule has 0 spiro atoms. The third-order valence-electron chi connectivity index (χ3n) is 3.18. The lowest BCUT2D eigenvalue weighted by molar-refractivity contribution is 0.0938. The van der Waals surface area contributed by atoms with E-state index in [1.807, 2.05) is 17.8 Å². The van der Waals surface area contributed by atoms with E-state index >= 15 is 0 Å². The lowest BCUT2D eigenvalue weighted by atomic mass is 9.93. The van der Waals surface area contributed by atoms with Gasteiger partial charge in [0.2, 0.25) is 0 Å². The molecule has 0 amide bonds. The van der Waals surface area contributed by atoms with Gasteiger partial charge in [0.1, 0.15) is 5.82 Å². The van der Waals surface area contributed by atoms with E-state index < -0.39 is 0 Å². The molecule has 0 saturated heterocycles. The Morgan fingerprint density at radius 2 is 2.07 bits per heavy atom. The number of rotatable bonds is 6. The van der Waals surface area contributed by atoms with Gasteiger partial charge in [0, 0.05) is 25.9 Å². The quantitative estimate of drug-likeness (QED) is 0.781. The molecule has 1 rings (SSSR count). The van der Waals surface area contributed by atoms with E-state index in [2.05, 4.69) is 18.8 Å². The van der Waals surface area contributed by atoms with Gasteiger partial charge in [0.25, 0.3) is 0 Å². The Morgan fingerprint density at radius 1 is 1.40 bits per heavy atom. The van der Waals surface area contributed by atoms with Gasteiger partial charge < -0.3 is 9.67 Å². The minimum Gasteiger partial charge on any atom is -0.393 e. The summed E-state index contributed by atoms with van der Waals surface area (Å²) in [6.45, 7) is 4.27. The van der Waals surface area contributed by atoms with Crippen LogP contribution in [-0.4, -0.2) is 20.8 Å². The molecule has 1 aromatic rings. The van der Waals surface area contributed by atoms with Crippen molar-refractivity contribution < 1.29 is 5.11 Å². The van der Waals surface area contributed by atoms with Crippen LogP contribution in [0.25, 0.3) is 0 Å².